The first-order chi connectivity index (χ1) is 5.15. The molecule has 0 radical (unpaired) electrons. The third-order valence-electron chi connectivity index (χ3n) is 1.34. The van der Waals surface area contributed by atoms with Crippen LogP contribution in [0.4, 0.5) is 5.69 Å². The van der Waals surface area contributed by atoms with E-state index in [1.54, 1.807) is 18.2 Å². The van der Waals surface area contributed by atoms with Gasteiger partial charge in [0, 0.05) is 0 Å². The minimum absolute atomic E-state index is 0.416. The van der Waals surface area contributed by atoms with Gasteiger partial charge in [-0.1, -0.05) is 35.9 Å². The van der Waals surface area contributed by atoms with Gasteiger partial charge in [0.15, 0.2) is 0 Å². The Kier molecular flexibility index (Phi) is 2.42. The van der Waals surface area contributed by atoms with E-state index in [1.165, 1.54) is 0 Å². The number of rotatable bonds is 1. The van der Waals surface area contributed by atoms with E-state index in [4.69, 9.17) is 28.9 Å². The van der Waals surface area contributed by atoms with Gasteiger partial charge in [-0.25, -0.2) is 0 Å². The third-order valence-corrected chi connectivity index (χ3v) is 1.96. The molecule has 0 amide bonds. The fourth-order valence-electron chi connectivity index (χ4n) is 0.722. The summed E-state index contributed by atoms with van der Waals surface area (Å²) in [6.07, 6.45) is 1.66. The van der Waals surface area contributed by atoms with Gasteiger partial charge in [0.1, 0.15) is 0 Å². The normalized spacial score (nSPS) is 9.64. The molecule has 0 aliphatic carbocycles. The maximum atomic E-state index is 5.74. The second kappa shape index (κ2) is 3.16. The molecular formula is C8H7Cl2N. The molecule has 0 atom stereocenters. The predicted octanol–water partition coefficient (Wildman–Crippen LogP) is 3.22. The molecule has 0 bridgehead atoms. The zero-order chi connectivity index (χ0) is 8.43. The first-order valence-electron chi connectivity index (χ1n) is 3.02. The van der Waals surface area contributed by atoms with Crippen LogP contribution in [0.25, 0.3) is 6.08 Å². The highest BCUT2D eigenvalue weighted by Crippen LogP contribution is 2.28. The second-order valence-electron chi connectivity index (χ2n) is 2.10. The van der Waals surface area contributed by atoms with Crippen LogP contribution in [0.5, 0.6) is 0 Å². The van der Waals surface area contributed by atoms with Crippen molar-refractivity contribution in [2.45, 2.75) is 0 Å². The van der Waals surface area contributed by atoms with Gasteiger partial charge in [-0.15, -0.1) is 0 Å². The lowest BCUT2D eigenvalue weighted by Crippen LogP contribution is -1.88. The van der Waals surface area contributed by atoms with E-state index in [9.17, 15) is 0 Å². The Bertz CT molecular complexity index is 271. The van der Waals surface area contributed by atoms with Crippen molar-refractivity contribution in [3.05, 3.63) is 34.3 Å². The Balaban J connectivity index is 3.31. The number of hydrogen-bond acceptors (Lipinski definition) is 1. The smallest absolute Gasteiger partial charge is 0.0693 e. The van der Waals surface area contributed by atoms with E-state index < -0.39 is 0 Å². The van der Waals surface area contributed by atoms with Crippen LogP contribution in [0.2, 0.25) is 10.0 Å². The summed E-state index contributed by atoms with van der Waals surface area (Å²) < 4.78 is 0. The van der Waals surface area contributed by atoms with Crippen molar-refractivity contribution in [2.24, 2.45) is 0 Å². The molecule has 1 rings (SSSR count). The number of nitrogens with two attached hydrogens (primary N) is 1. The Morgan fingerprint density at radius 3 is 2.09 bits per heavy atom. The molecule has 1 nitrogen and oxygen atoms in total. The lowest BCUT2D eigenvalue weighted by molar-refractivity contribution is 1.64. The van der Waals surface area contributed by atoms with Gasteiger partial charge in [-0.3, -0.25) is 0 Å². The minimum atomic E-state index is 0.416. The molecule has 0 saturated carbocycles. The lowest BCUT2D eigenvalue weighted by atomic mass is 10.2. The summed E-state index contributed by atoms with van der Waals surface area (Å²) in [6.45, 7) is 3.58. The summed E-state index contributed by atoms with van der Waals surface area (Å²) in [5.41, 5.74) is 6.79. The van der Waals surface area contributed by atoms with Gasteiger partial charge < -0.3 is 5.73 Å². The monoisotopic (exact) mass is 187 g/mol. The maximum Gasteiger partial charge on any atom is 0.0693 e. The van der Waals surface area contributed by atoms with Crippen molar-refractivity contribution < 1.29 is 0 Å². The van der Waals surface area contributed by atoms with Crippen LogP contribution in [0.3, 0.4) is 0 Å². The van der Waals surface area contributed by atoms with Gasteiger partial charge >= 0.3 is 0 Å². The van der Waals surface area contributed by atoms with Crippen LogP contribution >= 0.6 is 23.2 Å². The van der Waals surface area contributed by atoms with E-state index >= 15 is 0 Å². The number of benzene rings is 1. The molecule has 0 unspecified atom stereocenters. The minimum Gasteiger partial charge on any atom is -0.396 e. The molecule has 0 spiro atoms. The second-order valence-corrected chi connectivity index (χ2v) is 2.92. The summed E-state index contributed by atoms with van der Waals surface area (Å²) in [5, 5.41) is 0.930. The number of anilines is 1. The van der Waals surface area contributed by atoms with Crippen molar-refractivity contribution >= 4 is 35.0 Å². The molecule has 0 saturated heterocycles. The van der Waals surface area contributed by atoms with Crippen molar-refractivity contribution in [1.29, 1.82) is 0 Å². The number of nitrogen functional groups attached to an aromatic ring is 1. The van der Waals surface area contributed by atoms with E-state index in [2.05, 4.69) is 6.58 Å². The summed E-state index contributed by atoms with van der Waals surface area (Å²) in [4.78, 5) is 0. The number of halogens is 2. The van der Waals surface area contributed by atoms with Gasteiger partial charge in [-0.05, 0) is 17.7 Å². The van der Waals surface area contributed by atoms with Crippen LogP contribution in [0, 0.1) is 0 Å². The zero-order valence-corrected chi connectivity index (χ0v) is 7.28. The van der Waals surface area contributed by atoms with E-state index in [0.717, 1.165) is 5.56 Å². The molecule has 0 fully saturated rings. The molecule has 1 aromatic carbocycles. The fourth-order valence-corrected chi connectivity index (χ4v) is 1.23. The van der Waals surface area contributed by atoms with Crippen molar-refractivity contribution in [1.82, 2.24) is 0 Å². The predicted molar refractivity (Wildman–Crippen MR) is 51.0 cm³/mol. The molecule has 11 heavy (non-hydrogen) atoms. The highest BCUT2D eigenvalue weighted by molar-refractivity contribution is 6.39. The quantitative estimate of drug-likeness (QED) is 0.672. The molecule has 2 N–H and O–H groups in total. The molecule has 0 aromatic heterocycles. The van der Waals surface area contributed by atoms with Crippen LogP contribution in [0.1, 0.15) is 5.56 Å². The zero-order valence-electron chi connectivity index (χ0n) is 5.77. The highest BCUT2D eigenvalue weighted by atomic mass is 35.5. The van der Waals surface area contributed by atoms with Gasteiger partial charge in [-0.2, -0.15) is 0 Å². The molecule has 0 aliphatic heterocycles. The first-order valence-corrected chi connectivity index (χ1v) is 3.77. The van der Waals surface area contributed by atoms with Crippen LogP contribution in [0.15, 0.2) is 18.7 Å². The largest absolute Gasteiger partial charge is 0.396 e. The molecule has 1 aromatic rings. The SMILES string of the molecule is C=Cc1cc(Cl)c(N)c(Cl)c1. The highest BCUT2D eigenvalue weighted by Gasteiger charge is 2.01. The van der Waals surface area contributed by atoms with Gasteiger partial charge in [0.05, 0.1) is 15.7 Å². The van der Waals surface area contributed by atoms with Crippen LogP contribution in [-0.4, -0.2) is 0 Å². The maximum absolute atomic E-state index is 5.74. The molecular weight excluding hydrogens is 181 g/mol. The fraction of sp³-hybridized carbons (Fsp3) is 0. The first kappa shape index (κ1) is 8.44. The van der Waals surface area contributed by atoms with Crippen LogP contribution in [-0.2, 0) is 0 Å². The Labute approximate surface area is 75.4 Å². The molecule has 58 valence electrons. The third kappa shape index (κ3) is 1.67. The lowest BCUT2D eigenvalue weighted by Gasteiger charge is -2.01. The van der Waals surface area contributed by atoms with Crippen LogP contribution < -0.4 is 5.73 Å². The summed E-state index contributed by atoms with van der Waals surface area (Å²) in [7, 11) is 0. The number of hydrogen-bond donors (Lipinski definition) is 1. The summed E-state index contributed by atoms with van der Waals surface area (Å²) in [6, 6.07) is 3.44. The molecule has 0 heterocycles. The Morgan fingerprint density at radius 1 is 1.27 bits per heavy atom. The average Bonchev–Trinajstić information content (AvgIpc) is 1.99. The van der Waals surface area contributed by atoms with Crippen molar-refractivity contribution in [2.75, 3.05) is 5.73 Å². The summed E-state index contributed by atoms with van der Waals surface area (Å²) in [5.74, 6) is 0. The molecule has 0 aliphatic rings. The standard InChI is InChI=1S/C8H7Cl2N/c1-2-5-3-6(9)8(11)7(10)4-5/h2-4H,1,11H2. The topological polar surface area (TPSA) is 26.0 Å². The Morgan fingerprint density at radius 2 is 1.73 bits per heavy atom. The average molecular weight is 188 g/mol. The van der Waals surface area contributed by atoms with E-state index in [-0.39, 0.29) is 0 Å². The van der Waals surface area contributed by atoms with E-state index in [1.807, 2.05) is 0 Å². The van der Waals surface area contributed by atoms with E-state index in [0.29, 0.717) is 15.7 Å². The van der Waals surface area contributed by atoms with Gasteiger partial charge in [0.2, 0.25) is 0 Å². The van der Waals surface area contributed by atoms with Gasteiger partial charge in [0.25, 0.3) is 0 Å². The van der Waals surface area contributed by atoms with Crippen molar-refractivity contribution in [3.8, 4) is 0 Å². The summed E-state index contributed by atoms with van der Waals surface area (Å²) >= 11 is 11.5. The van der Waals surface area contributed by atoms with Crippen molar-refractivity contribution in [3.63, 3.8) is 0 Å². The molecule has 3 heteroatoms. The Hall–Kier alpha value is -0.660.